The summed E-state index contributed by atoms with van der Waals surface area (Å²) in [6.07, 6.45) is 1.17. The number of hydrogen-bond donors (Lipinski definition) is 2. The van der Waals surface area contributed by atoms with Crippen molar-refractivity contribution in [2.75, 3.05) is 18.5 Å². The second-order valence-electron chi connectivity index (χ2n) is 7.48. The lowest BCUT2D eigenvalue weighted by Gasteiger charge is -2.14. The van der Waals surface area contributed by atoms with Gasteiger partial charge in [0.1, 0.15) is 0 Å². The van der Waals surface area contributed by atoms with E-state index in [2.05, 4.69) is 10.6 Å². The maximum absolute atomic E-state index is 12.1. The Morgan fingerprint density at radius 2 is 1.58 bits per heavy atom. The van der Waals surface area contributed by atoms with E-state index in [4.69, 9.17) is 9.47 Å². The van der Waals surface area contributed by atoms with Gasteiger partial charge in [0.25, 0.3) is 5.91 Å². The number of ether oxygens (including phenoxy) is 2. The molecule has 0 aliphatic rings. The van der Waals surface area contributed by atoms with Crippen molar-refractivity contribution in [2.45, 2.75) is 45.6 Å². The van der Waals surface area contributed by atoms with Crippen molar-refractivity contribution < 1.29 is 28.7 Å². The molecule has 0 spiro atoms. The van der Waals surface area contributed by atoms with Crippen LogP contribution in [0.4, 0.5) is 5.69 Å². The van der Waals surface area contributed by atoms with Gasteiger partial charge in [-0.1, -0.05) is 37.3 Å². The highest BCUT2D eigenvalue weighted by Crippen LogP contribution is 2.12. The average Bonchev–Trinajstić information content (AvgIpc) is 2.82. The van der Waals surface area contributed by atoms with E-state index >= 15 is 0 Å². The van der Waals surface area contributed by atoms with Gasteiger partial charge in [-0.05, 0) is 49.6 Å². The molecule has 8 heteroatoms. The molecule has 0 aliphatic heterocycles. The van der Waals surface area contributed by atoms with Crippen molar-refractivity contribution in [1.29, 1.82) is 0 Å². The Labute approximate surface area is 193 Å². The molecule has 0 unspecified atom stereocenters. The zero-order valence-electron chi connectivity index (χ0n) is 19.0. The largest absolute Gasteiger partial charge is 0.462 e. The Hall–Kier alpha value is -3.68. The summed E-state index contributed by atoms with van der Waals surface area (Å²) in [6, 6.07) is 15.6. The van der Waals surface area contributed by atoms with Crippen molar-refractivity contribution in [3.8, 4) is 0 Å². The predicted molar refractivity (Wildman–Crippen MR) is 123 cm³/mol. The van der Waals surface area contributed by atoms with Crippen LogP contribution < -0.4 is 10.6 Å². The average molecular weight is 455 g/mol. The molecule has 0 saturated carbocycles. The number of anilines is 1. The molecule has 2 N–H and O–H groups in total. The van der Waals surface area contributed by atoms with Gasteiger partial charge in [-0.3, -0.25) is 14.4 Å². The van der Waals surface area contributed by atoms with E-state index in [0.29, 0.717) is 17.9 Å². The number of esters is 2. The third kappa shape index (κ3) is 9.55. The van der Waals surface area contributed by atoms with E-state index in [9.17, 15) is 19.2 Å². The molecular weight excluding hydrogens is 424 g/mol. The van der Waals surface area contributed by atoms with Crippen LogP contribution >= 0.6 is 0 Å². The minimum absolute atomic E-state index is 0.0249. The van der Waals surface area contributed by atoms with E-state index in [1.807, 2.05) is 44.2 Å². The monoisotopic (exact) mass is 454 g/mol. The molecule has 0 radical (unpaired) electrons. The Morgan fingerprint density at radius 3 is 2.24 bits per heavy atom. The van der Waals surface area contributed by atoms with Crippen LogP contribution in [-0.4, -0.2) is 37.0 Å². The molecule has 0 saturated heterocycles. The first-order valence-corrected chi connectivity index (χ1v) is 11.0. The lowest BCUT2D eigenvalue weighted by molar-refractivity contribution is -0.148. The first-order chi connectivity index (χ1) is 15.9. The molecule has 0 heterocycles. The Balaban J connectivity index is 1.63. The lowest BCUT2D eigenvalue weighted by Crippen LogP contribution is -2.31. The van der Waals surface area contributed by atoms with Crippen LogP contribution in [0.2, 0.25) is 0 Å². The van der Waals surface area contributed by atoms with E-state index in [1.54, 1.807) is 24.3 Å². The van der Waals surface area contributed by atoms with Crippen LogP contribution in [0, 0.1) is 0 Å². The van der Waals surface area contributed by atoms with E-state index in [0.717, 1.165) is 12.0 Å². The van der Waals surface area contributed by atoms with Gasteiger partial charge in [0.2, 0.25) is 5.91 Å². The summed E-state index contributed by atoms with van der Waals surface area (Å²) >= 11 is 0. The molecule has 2 aromatic rings. The number of carbonyl (C=O) groups excluding carboxylic acids is 4. The van der Waals surface area contributed by atoms with Crippen LogP contribution in [0.15, 0.2) is 54.6 Å². The van der Waals surface area contributed by atoms with Gasteiger partial charge in [0.15, 0.2) is 6.61 Å². The van der Waals surface area contributed by atoms with Gasteiger partial charge >= 0.3 is 11.9 Å². The van der Waals surface area contributed by atoms with Gasteiger partial charge in [0.05, 0.1) is 18.2 Å². The highest BCUT2D eigenvalue weighted by molar-refractivity contribution is 5.93. The van der Waals surface area contributed by atoms with Crippen LogP contribution in [-0.2, 0) is 23.9 Å². The molecular formula is C25H30N2O6. The molecule has 2 aromatic carbocycles. The molecule has 1 atom stereocenters. The zero-order chi connectivity index (χ0) is 24.1. The Bertz CT molecular complexity index is 928. The van der Waals surface area contributed by atoms with E-state index < -0.39 is 11.9 Å². The summed E-state index contributed by atoms with van der Waals surface area (Å²) in [7, 11) is 0. The third-order valence-corrected chi connectivity index (χ3v) is 4.67. The molecule has 2 amide bonds. The predicted octanol–water partition coefficient (Wildman–Crippen LogP) is 3.78. The maximum atomic E-state index is 12.1. The van der Waals surface area contributed by atoms with Crippen molar-refractivity contribution in [1.82, 2.24) is 5.32 Å². The first-order valence-electron chi connectivity index (χ1n) is 11.0. The zero-order valence-corrected chi connectivity index (χ0v) is 19.0. The molecule has 33 heavy (non-hydrogen) atoms. The third-order valence-electron chi connectivity index (χ3n) is 4.67. The van der Waals surface area contributed by atoms with Crippen molar-refractivity contribution in [2.24, 2.45) is 0 Å². The van der Waals surface area contributed by atoms with Gasteiger partial charge in [-0.25, -0.2) is 4.79 Å². The molecule has 8 nitrogen and oxygen atoms in total. The lowest BCUT2D eigenvalue weighted by atomic mass is 10.1. The van der Waals surface area contributed by atoms with Gasteiger partial charge in [-0.2, -0.15) is 0 Å². The number of hydrogen-bond acceptors (Lipinski definition) is 6. The quantitative estimate of drug-likeness (QED) is 0.472. The molecule has 0 fully saturated rings. The van der Waals surface area contributed by atoms with Gasteiger partial charge in [0, 0.05) is 18.5 Å². The highest BCUT2D eigenvalue weighted by atomic mass is 16.5. The summed E-state index contributed by atoms with van der Waals surface area (Å²) < 4.78 is 10.0. The number of nitrogens with one attached hydrogen (secondary N) is 2. The minimum atomic E-state index is -0.541. The van der Waals surface area contributed by atoms with Crippen LogP contribution in [0.5, 0.6) is 0 Å². The summed E-state index contributed by atoms with van der Waals surface area (Å²) in [5, 5.41) is 5.47. The SMILES string of the molecule is CCCOC(=O)c1ccc(NC(=O)CCCC(=O)OCC(=O)N[C@H](C)c2ccccc2)cc1. The van der Waals surface area contributed by atoms with E-state index in [1.165, 1.54) is 0 Å². The molecule has 0 aliphatic carbocycles. The topological polar surface area (TPSA) is 111 Å². The number of carbonyl (C=O) groups is 4. The number of benzene rings is 2. The molecule has 0 aromatic heterocycles. The van der Waals surface area contributed by atoms with Crippen molar-refractivity contribution >= 4 is 29.4 Å². The molecule has 0 bridgehead atoms. The minimum Gasteiger partial charge on any atom is -0.462 e. The van der Waals surface area contributed by atoms with Crippen LogP contribution in [0.1, 0.15) is 61.5 Å². The normalized spacial score (nSPS) is 11.2. The number of rotatable bonds is 12. The number of amides is 2. The second-order valence-corrected chi connectivity index (χ2v) is 7.48. The first kappa shape index (κ1) is 25.6. The van der Waals surface area contributed by atoms with Crippen LogP contribution in [0.3, 0.4) is 0 Å². The fourth-order valence-electron chi connectivity index (χ4n) is 2.91. The smallest absolute Gasteiger partial charge is 0.338 e. The van der Waals surface area contributed by atoms with Gasteiger partial charge in [-0.15, -0.1) is 0 Å². The standard InChI is InChI=1S/C25H30N2O6/c1-3-16-32-25(31)20-12-14-21(15-13-20)27-22(28)10-7-11-24(30)33-17-23(29)26-18(2)19-8-5-4-6-9-19/h4-6,8-9,12-15,18H,3,7,10-11,16-17H2,1-2H3,(H,26,29)(H,27,28)/t18-/m1/s1. The summed E-state index contributed by atoms with van der Waals surface area (Å²) in [5.41, 5.74) is 1.90. The summed E-state index contributed by atoms with van der Waals surface area (Å²) in [4.78, 5) is 47.6. The van der Waals surface area contributed by atoms with Crippen LogP contribution in [0.25, 0.3) is 0 Å². The highest BCUT2D eigenvalue weighted by Gasteiger charge is 2.13. The summed E-state index contributed by atoms with van der Waals surface area (Å²) in [5.74, 6) is -1.60. The Morgan fingerprint density at radius 1 is 0.879 bits per heavy atom. The summed E-state index contributed by atoms with van der Waals surface area (Å²) in [6.45, 7) is 3.75. The van der Waals surface area contributed by atoms with Crippen molar-refractivity contribution in [3.63, 3.8) is 0 Å². The Kier molecular flexibility index (Phi) is 10.6. The fourth-order valence-corrected chi connectivity index (χ4v) is 2.91. The van der Waals surface area contributed by atoms with E-state index in [-0.39, 0.29) is 43.7 Å². The second kappa shape index (κ2) is 13.7. The molecule has 176 valence electrons. The fraction of sp³-hybridized carbons (Fsp3) is 0.360. The van der Waals surface area contributed by atoms with Gasteiger partial charge < -0.3 is 20.1 Å². The van der Waals surface area contributed by atoms with Crippen molar-refractivity contribution in [3.05, 3.63) is 65.7 Å². The molecule has 2 rings (SSSR count). The maximum Gasteiger partial charge on any atom is 0.338 e.